The molecule has 3 aromatic carbocycles. The van der Waals surface area contributed by atoms with E-state index in [2.05, 4.69) is 15.6 Å². The molecular weight excluding hydrogens is 428 g/mol. The number of hydrazone groups is 1. The zero-order chi connectivity index (χ0) is 22.5. The highest BCUT2D eigenvalue weighted by Gasteiger charge is 2.14. The fourth-order valence-electron chi connectivity index (χ4n) is 3.20. The second kappa shape index (κ2) is 9.45. The van der Waals surface area contributed by atoms with E-state index in [1.54, 1.807) is 43.5 Å². The Labute approximate surface area is 188 Å². The van der Waals surface area contributed by atoms with Crippen LogP contribution in [0.3, 0.4) is 0 Å². The molecule has 0 saturated carbocycles. The van der Waals surface area contributed by atoms with E-state index in [1.165, 1.54) is 6.21 Å². The number of halogens is 1. The second-order valence-corrected chi connectivity index (χ2v) is 7.37. The van der Waals surface area contributed by atoms with Crippen LogP contribution in [0.1, 0.15) is 5.56 Å². The van der Waals surface area contributed by atoms with Crippen LogP contribution in [0.5, 0.6) is 5.75 Å². The Hall–Kier alpha value is -3.97. The van der Waals surface area contributed by atoms with Crippen molar-refractivity contribution in [3.05, 3.63) is 93.7 Å². The van der Waals surface area contributed by atoms with Crippen molar-refractivity contribution in [2.75, 3.05) is 7.11 Å². The number of methoxy groups -OCH3 is 1. The lowest BCUT2D eigenvalue weighted by atomic mass is 10.0. The van der Waals surface area contributed by atoms with E-state index in [1.807, 2.05) is 36.4 Å². The molecule has 4 rings (SSSR count). The molecule has 0 spiro atoms. The van der Waals surface area contributed by atoms with Crippen LogP contribution in [0.2, 0.25) is 5.02 Å². The summed E-state index contributed by atoms with van der Waals surface area (Å²) < 4.78 is 6.36. The molecule has 1 heterocycles. The van der Waals surface area contributed by atoms with Crippen LogP contribution < -0.4 is 15.7 Å². The minimum Gasteiger partial charge on any atom is -0.497 e. The molecule has 0 saturated heterocycles. The van der Waals surface area contributed by atoms with E-state index >= 15 is 0 Å². The van der Waals surface area contributed by atoms with E-state index in [0.717, 1.165) is 15.8 Å². The van der Waals surface area contributed by atoms with Gasteiger partial charge in [0.05, 0.1) is 24.4 Å². The van der Waals surface area contributed by atoms with Gasteiger partial charge >= 0.3 is 0 Å². The van der Waals surface area contributed by atoms with Crippen LogP contribution in [0.4, 0.5) is 0 Å². The minimum atomic E-state index is -0.472. The number of carbonyl (C=O) groups is 1. The van der Waals surface area contributed by atoms with Crippen molar-refractivity contribution in [2.24, 2.45) is 5.10 Å². The molecule has 0 atom stereocenters. The lowest BCUT2D eigenvalue weighted by Gasteiger charge is -2.11. The van der Waals surface area contributed by atoms with E-state index in [-0.39, 0.29) is 12.1 Å². The van der Waals surface area contributed by atoms with Crippen molar-refractivity contribution in [2.45, 2.75) is 6.54 Å². The Morgan fingerprint density at radius 2 is 1.75 bits per heavy atom. The number of benzene rings is 3. The van der Waals surface area contributed by atoms with E-state index in [4.69, 9.17) is 16.3 Å². The maximum Gasteiger partial charge on any atom is 0.275 e. The summed E-state index contributed by atoms with van der Waals surface area (Å²) in [5.74, 6) is 0.241. The van der Waals surface area contributed by atoms with Crippen LogP contribution >= 0.6 is 11.6 Å². The molecule has 1 aromatic heterocycles. The molecule has 0 fully saturated rings. The highest BCUT2D eigenvalue weighted by Crippen LogP contribution is 2.26. The standard InChI is InChI=1S/C24H19ClN4O3/c1-32-19-12-8-17(9-13-19)23-20-4-2-3-5-21(20)24(31)29(28-23)15-22(30)27-26-14-16-6-10-18(25)11-7-16/h2-14H,15H2,1H3,(H,27,30)/b26-14+. The molecule has 0 unspecified atom stereocenters. The zero-order valence-electron chi connectivity index (χ0n) is 17.2. The predicted octanol–water partition coefficient (Wildman–Crippen LogP) is 3.88. The summed E-state index contributed by atoms with van der Waals surface area (Å²) in [6, 6.07) is 21.5. The third-order valence-electron chi connectivity index (χ3n) is 4.80. The summed E-state index contributed by atoms with van der Waals surface area (Å²) in [5.41, 5.74) is 4.25. The van der Waals surface area contributed by atoms with Gasteiger partial charge < -0.3 is 4.74 Å². The smallest absolute Gasteiger partial charge is 0.275 e. The molecule has 1 amide bonds. The van der Waals surface area contributed by atoms with Gasteiger partial charge in [-0.1, -0.05) is 41.9 Å². The van der Waals surface area contributed by atoms with Crippen molar-refractivity contribution >= 4 is 34.5 Å². The number of fused-ring (bicyclic) bond motifs is 1. The summed E-state index contributed by atoms with van der Waals surface area (Å²) in [6.45, 7) is -0.273. The van der Waals surface area contributed by atoms with Gasteiger partial charge in [-0.15, -0.1) is 0 Å². The summed E-state index contributed by atoms with van der Waals surface area (Å²) >= 11 is 5.86. The van der Waals surface area contributed by atoms with Crippen molar-refractivity contribution in [3.63, 3.8) is 0 Å². The van der Waals surface area contributed by atoms with Gasteiger partial charge in [0.2, 0.25) is 0 Å². The quantitative estimate of drug-likeness (QED) is 0.360. The highest BCUT2D eigenvalue weighted by molar-refractivity contribution is 6.30. The molecular formula is C24H19ClN4O3. The van der Waals surface area contributed by atoms with Crippen LogP contribution in [0.15, 0.2) is 82.7 Å². The first-order valence-corrected chi connectivity index (χ1v) is 10.1. The molecule has 7 nitrogen and oxygen atoms in total. The number of carbonyl (C=O) groups excluding carboxylic acids is 1. The van der Waals surface area contributed by atoms with E-state index in [0.29, 0.717) is 27.2 Å². The van der Waals surface area contributed by atoms with Crippen LogP contribution in [0, 0.1) is 0 Å². The van der Waals surface area contributed by atoms with Gasteiger partial charge in [-0.3, -0.25) is 9.59 Å². The number of ether oxygens (including phenoxy) is 1. The summed E-state index contributed by atoms with van der Waals surface area (Å²) in [6.07, 6.45) is 1.49. The second-order valence-electron chi connectivity index (χ2n) is 6.93. The van der Waals surface area contributed by atoms with Crippen LogP contribution in [-0.4, -0.2) is 29.0 Å². The first-order valence-electron chi connectivity index (χ1n) is 9.77. The zero-order valence-corrected chi connectivity index (χ0v) is 17.9. The van der Waals surface area contributed by atoms with Crippen LogP contribution in [0.25, 0.3) is 22.0 Å². The average molecular weight is 447 g/mol. The lowest BCUT2D eigenvalue weighted by molar-refractivity contribution is -0.121. The van der Waals surface area contributed by atoms with Gasteiger partial charge in [-0.2, -0.15) is 10.2 Å². The number of hydrogen-bond donors (Lipinski definition) is 1. The number of nitrogens with zero attached hydrogens (tertiary/aromatic N) is 3. The van der Waals surface area contributed by atoms with E-state index in [9.17, 15) is 9.59 Å². The molecule has 0 aliphatic heterocycles. The third kappa shape index (κ3) is 4.68. The SMILES string of the molecule is COc1ccc(-c2nn(CC(=O)N/N=C/c3ccc(Cl)cc3)c(=O)c3ccccc23)cc1. The molecule has 0 bridgehead atoms. The lowest BCUT2D eigenvalue weighted by Crippen LogP contribution is -2.32. The molecule has 8 heteroatoms. The van der Waals surface area contributed by atoms with Crippen LogP contribution in [-0.2, 0) is 11.3 Å². The monoisotopic (exact) mass is 446 g/mol. The summed E-state index contributed by atoms with van der Waals surface area (Å²) in [5, 5.41) is 10.2. The Morgan fingerprint density at radius 3 is 2.44 bits per heavy atom. The molecule has 0 aliphatic carbocycles. The maximum atomic E-state index is 12.9. The Bertz CT molecular complexity index is 1350. The van der Waals surface area contributed by atoms with Crippen molar-refractivity contribution in [1.29, 1.82) is 0 Å². The Balaban J connectivity index is 1.62. The average Bonchev–Trinajstić information content (AvgIpc) is 2.82. The normalized spacial score (nSPS) is 11.1. The van der Waals surface area contributed by atoms with Gasteiger partial charge in [0.1, 0.15) is 12.3 Å². The molecule has 160 valence electrons. The minimum absolute atomic E-state index is 0.273. The highest BCUT2D eigenvalue weighted by atomic mass is 35.5. The largest absolute Gasteiger partial charge is 0.497 e. The molecule has 0 aliphatic rings. The summed E-state index contributed by atoms with van der Waals surface area (Å²) in [7, 11) is 1.59. The van der Waals surface area contributed by atoms with Gasteiger partial charge in [-0.25, -0.2) is 10.1 Å². The number of amides is 1. The predicted molar refractivity (Wildman–Crippen MR) is 125 cm³/mol. The topological polar surface area (TPSA) is 85.6 Å². The van der Waals surface area contributed by atoms with Gasteiger partial charge in [-0.05, 0) is 48.0 Å². The summed E-state index contributed by atoms with van der Waals surface area (Å²) in [4.78, 5) is 25.3. The Kier molecular flexibility index (Phi) is 6.28. The number of rotatable bonds is 6. The molecule has 4 aromatic rings. The van der Waals surface area contributed by atoms with E-state index < -0.39 is 5.91 Å². The van der Waals surface area contributed by atoms with Crippen molar-refractivity contribution in [1.82, 2.24) is 15.2 Å². The molecule has 1 N–H and O–H groups in total. The fraction of sp³-hybridized carbons (Fsp3) is 0.0833. The number of hydrogen-bond acceptors (Lipinski definition) is 5. The first-order chi connectivity index (χ1) is 15.5. The van der Waals surface area contributed by atoms with Gasteiger partial charge in [0.25, 0.3) is 11.5 Å². The number of nitrogens with one attached hydrogen (secondary N) is 1. The maximum absolute atomic E-state index is 12.9. The fourth-order valence-corrected chi connectivity index (χ4v) is 3.33. The molecule has 32 heavy (non-hydrogen) atoms. The van der Waals surface area contributed by atoms with Gasteiger partial charge in [0.15, 0.2) is 0 Å². The van der Waals surface area contributed by atoms with Crippen molar-refractivity contribution in [3.8, 4) is 17.0 Å². The first kappa shape index (κ1) is 21.3. The van der Waals surface area contributed by atoms with Crippen molar-refractivity contribution < 1.29 is 9.53 Å². The molecule has 0 radical (unpaired) electrons. The third-order valence-corrected chi connectivity index (χ3v) is 5.05. The number of aromatic nitrogens is 2. The Morgan fingerprint density at radius 1 is 1.06 bits per heavy atom. The van der Waals surface area contributed by atoms with Gasteiger partial charge in [0, 0.05) is 16.0 Å².